The largest absolute Gasteiger partial charge is 0.491 e. The van der Waals surface area contributed by atoms with E-state index >= 15 is 0 Å². The zero-order valence-corrected chi connectivity index (χ0v) is 14.3. The highest BCUT2D eigenvalue weighted by molar-refractivity contribution is 5.77. The Morgan fingerprint density at radius 1 is 1.23 bits per heavy atom. The Labute approximate surface area is 133 Å². The number of aliphatic hydroxyl groups excluding tert-OH is 1. The minimum absolute atomic E-state index is 0.0317. The van der Waals surface area contributed by atoms with Crippen molar-refractivity contribution in [1.82, 2.24) is 9.80 Å². The fourth-order valence-corrected chi connectivity index (χ4v) is 2.20. The van der Waals surface area contributed by atoms with Crippen LogP contribution >= 0.6 is 0 Å². The van der Waals surface area contributed by atoms with Gasteiger partial charge in [0.25, 0.3) is 0 Å². The number of hydrogen-bond donors (Lipinski definition) is 1. The maximum atomic E-state index is 11.7. The Hall–Kier alpha value is -1.59. The minimum Gasteiger partial charge on any atom is -0.491 e. The third-order valence-corrected chi connectivity index (χ3v) is 3.41. The number of rotatable bonds is 8. The van der Waals surface area contributed by atoms with Crippen molar-refractivity contribution in [2.75, 3.05) is 40.3 Å². The lowest BCUT2D eigenvalue weighted by Crippen LogP contribution is -2.41. The van der Waals surface area contributed by atoms with E-state index in [4.69, 9.17) is 4.74 Å². The molecule has 0 saturated heterocycles. The molecule has 0 bridgehead atoms. The summed E-state index contributed by atoms with van der Waals surface area (Å²) < 4.78 is 5.66. The molecule has 0 radical (unpaired) electrons. The van der Waals surface area contributed by atoms with Gasteiger partial charge in [-0.1, -0.05) is 13.0 Å². The number of aliphatic hydroxyl groups is 1. The van der Waals surface area contributed by atoms with Crippen molar-refractivity contribution < 1.29 is 14.6 Å². The Bertz CT molecular complexity index is 469. The SMILES string of the molecule is CCN(CC(=O)N(C)C)C[C@H](O)COc1cc(C)cc(C)c1. The molecule has 1 amide bonds. The highest BCUT2D eigenvalue weighted by Gasteiger charge is 2.15. The summed E-state index contributed by atoms with van der Waals surface area (Å²) in [5, 5.41) is 10.1. The molecule has 5 heteroatoms. The first-order valence-corrected chi connectivity index (χ1v) is 7.63. The molecule has 0 heterocycles. The first kappa shape index (κ1) is 18.5. The van der Waals surface area contributed by atoms with Crippen molar-refractivity contribution in [3.8, 4) is 5.75 Å². The van der Waals surface area contributed by atoms with Crippen molar-refractivity contribution in [2.24, 2.45) is 0 Å². The van der Waals surface area contributed by atoms with Gasteiger partial charge < -0.3 is 14.7 Å². The van der Waals surface area contributed by atoms with Crippen LogP contribution in [0, 0.1) is 13.8 Å². The van der Waals surface area contributed by atoms with Crippen LogP contribution in [0.3, 0.4) is 0 Å². The lowest BCUT2D eigenvalue weighted by Gasteiger charge is -2.24. The molecule has 0 aromatic heterocycles. The van der Waals surface area contributed by atoms with Crippen LogP contribution in [0.25, 0.3) is 0 Å². The van der Waals surface area contributed by atoms with E-state index in [9.17, 15) is 9.90 Å². The van der Waals surface area contributed by atoms with E-state index in [0.717, 1.165) is 16.9 Å². The van der Waals surface area contributed by atoms with Crippen LogP contribution in [0.1, 0.15) is 18.1 Å². The molecule has 0 aliphatic carbocycles. The van der Waals surface area contributed by atoms with Crippen LogP contribution in [0.2, 0.25) is 0 Å². The third-order valence-electron chi connectivity index (χ3n) is 3.41. The van der Waals surface area contributed by atoms with E-state index in [1.54, 1.807) is 19.0 Å². The van der Waals surface area contributed by atoms with Crippen LogP contribution in [0.15, 0.2) is 18.2 Å². The molecule has 1 aromatic rings. The van der Waals surface area contributed by atoms with Gasteiger partial charge in [0.05, 0.1) is 6.54 Å². The molecule has 22 heavy (non-hydrogen) atoms. The zero-order valence-electron chi connectivity index (χ0n) is 14.3. The molecule has 5 nitrogen and oxygen atoms in total. The average molecular weight is 308 g/mol. The van der Waals surface area contributed by atoms with E-state index < -0.39 is 6.10 Å². The summed E-state index contributed by atoms with van der Waals surface area (Å²) in [7, 11) is 3.46. The quantitative estimate of drug-likeness (QED) is 0.790. The number of hydrogen-bond acceptors (Lipinski definition) is 4. The molecular weight excluding hydrogens is 280 g/mol. The molecule has 0 saturated carbocycles. The number of benzene rings is 1. The summed E-state index contributed by atoms with van der Waals surface area (Å²) in [6.07, 6.45) is -0.629. The van der Waals surface area contributed by atoms with Crippen molar-refractivity contribution in [3.05, 3.63) is 29.3 Å². The van der Waals surface area contributed by atoms with Gasteiger partial charge in [-0.05, 0) is 43.7 Å². The number of aryl methyl sites for hydroxylation is 2. The smallest absolute Gasteiger partial charge is 0.236 e. The molecule has 0 unspecified atom stereocenters. The highest BCUT2D eigenvalue weighted by atomic mass is 16.5. The van der Waals surface area contributed by atoms with Gasteiger partial charge in [-0.2, -0.15) is 0 Å². The second kappa shape index (κ2) is 8.76. The van der Waals surface area contributed by atoms with Gasteiger partial charge in [-0.25, -0.2) is 0 Å². The summed E-state index contributed by atoms with van der Waals surface area (Å²) in [5.41, 5.74) is 2.27. The second-order valence-corrected chi connectivity index (χ2v) is 5.90. The van der Waals surface area contributed by atoms with E-state index in [1.807, 2.05) is 37.8 Å². The fourth-order valence-electron chi connectivity index (χ4n) is 2.20. The molecule has 1 atom stereocenters. The van der Waals surface area contributed by atoms with Crippen LogP contribution in [0.4, 0.5) is 0 Å². The molecule has 0 spiro atoms. The van der Waals surface area contributed by atoms with Gasteiger partial charge in [-0.3, -0.25) is 9.69 Å². The Kier molecular flexibility index (Phi) is 7.35. The molecule has 0 fully saturated rings. The molecule has 1 aromatic carbocycles. The summed E-state index contributed by atoms with van der Waals surface area (Å²) >= 11 is 0. The maximum absolute atomic E-state index is 11.7. The van der Waals surface area contributed by atoms with Crippen molar-refractivity contribution in [1.29, 1.82) is 0 Å². The van der Waals surface area contributed by atoms with Gasteiger partial charge in [0.2, 0.25) is 5.91 Å². The fraction of sp³-hybridized carbons (Fsp3) is 0.588. The standard InChI is InChI=1S/C17H28N2O3/c1-6-19(11-17(21)18(4)5)10-15(20)12-22-16-8-13(2)7-14(3)9-16/h7-9,15,20H,6,10-12H2,1-5H3/t15-/m0/s1. The van der Waals surface area contributed by atoms with E-state index in [0.29, 0.717) is 19.6 Å². The number of ether oxygens (including phenoxy) is 1. The Morgan fingerprint density at radius 3 is 2.32 bits per heavy atom. The predicted molar refractivity (Wildman–Crippen MR) is 88.2 cm³/mol. The summed E-state index contributed by atoms with van der Waals surface area (Å²) in [4.78, 5) is 15.2. The topological polar surface area (TPSA) is 53.0 Å². The van der Waals surface area contributed by atoms with Gasteiger partial charge in [-0.15, -0.1) is 0 Å². The van der Waals surface area contributed by atoms with Crippen molar-refractivity contribution >= 4 is 5.91 Å². The van der Waals surface area contributed by atoms with Crippen molar-refractivity contribution in [2.45, 2.75) is 26.9 Å². The zero-order chi connectivity index (χ0) is 16.7. The van der Waals surface area contributed by atoms with E-state index in [-0.39, 0.29) is 12.5 Å². The monoisotopic (exact) mass is 308 g/mol. The average Bonchev–Trinajstić information content (AvgIpc) is 2.43. The summed E-state index contributed by atoms with van der Waals surface area (Å²) in [5.74, 6) is 0.799. The first-order valence-electron chi connectivity index (χ1n) is 7.63. The normalized spacial score (nSPS) is 12.3. The Morgan fingerprint density at radius 2 is 1.82 bits per heavy atom. The van der Waals surface area contributed by atoms with E-state index in [2.05, 4.69) is 6.07 Å². The van der Waals surface area contributed by atoms with Gasteiger partial charge in [0.1, 0.15) is 18.5 Å². The van der Waals surface area contributed by atoms with Crippen LogP contribution in [-0.2, 0) is 4.79 Å². The molecule has 1 rings (SSSR count). The number of carbonyl (C=O) groups is 1. The first-order chi connectivity index (χ1) is 10.3. The van der Waals surface area contributed by atoms with Crippen LogP contribution < -0.4 is 4.74 Å². The summed E-state index contributed by atoms with van der Waals surface area (Å²) in [6, 6.07) is 5.98. The molecule has 0 aliphatic rings. The summed E-state index contributed by atoms with van der Waals surface area (Å²) in [6.45, 7) is 7.66. The maximum Gasteiger partial charge on any atom is 0.236 e. The molecule has 0 aliphatic heterocycles. The van der Waals surface area contributed by atoms with E-state index in [1.165, 1.54) is 0 Å². The Balaban J connectivity index is 2.47. The van der Waals surface area contributed by atoms with Gasteiger partial charge >= 0.3 is 0 Å². The highest BCUT2D eigenvalue weighted by Crippen LogP contribution is 2.16. The lowest BCUT2D eigenvalue weighted by atomic mass is 10.1. The van der Waals surface area contributed by atoms with Gasteiger partial charge in [0, 0.05) is 20.6 Å². The minimum atomic E-state index is -0.629. The lowest BCUT2D eigenvalue weighted by molar-refractivity contribution is -0.130. The third kappa shape index (κ3) is 6.45. The van der Waals surface area contributed by atoms with Crippen LogP contribution in [0.5, 0.6) is 5.75 Å². The van der Waals surface area contributed by atoms with Gasteiger partial charge in [0.15, 0.2) is 0 Å². The predicted octanol–water partition coefficient (Wildman–Crippen LogP) is 1.45. The molecule has 1 N–H and O–H groups in total. The second-order valence-electron chi connectivity index (χ2n) is 5.90. The molecular formula is C17H28N2O3. The molecule has 124 valence electrons. The van der Waals surface area contributed by atoms with Crippen LogP contribution in [-0.4, -0.2) is 67.3 Å². The number of carbonyl (C=O) groups excluding carboxylic acids is 1. The number of nitrogens with zero attached hydrogens (tertiary/aromatic N) is 2. The number of amides is 1. The number of likely N-dealkylation sites (N-methyl/N-ethyl adjacent to an activating group) is 2. The van der Waals surface area contributed by atoms with Crippen molar-refractivity contribution in [3.63, 3.8) is 0 Å².